The summed E-state index contributed by atoms with van der Waals surface area (Å²) < 4.78 is 11.2. The van der Waals surface area contributed by atoms with E-state index in [0.717, 1.165) is 0 Å². The third kappa shape index (κ3) is 2.73. The summed E-state index contributed by atoms with van der Waals surface area (Å²) in [7, 11) is 0. The van der Waals surface area contributed by atoms with Crippen LogP contribution in [0.2, 0.25) is 0 Å². The van der Waals surface area contributed by atoms with Crippen molar-refractivity contribution in [2.24, 2.45) is 0 Å². The van der Waals surface area contributed by atoms with Crippen molar-refractivity contribution in [3.63, 3.8) is 0 Å². The molecule has 0 aromatic rings. The molecule has 0 spiro atoms. The predicted molar refractivity (Wildman–Crippen MR) is 26.3 cm³/mol. The Balaban J connectivity index is 2.75. The van der Waals surface area contributed by atoms with Crippen LogP contribution < -0.4 is 0 Å². The fourth-order valence-corrected chi connectivity index (χ4v) is 0.124. The third-order valence-corrected chi connectivity index (χ3v) is 1.14. The Morgan fingerprint density at radius 2 is 2.17 bits per heavy atom. The maximum Gasteiger partial charge on any atom is 0.107 e. The Labute approximate surface area is 46.2 Å². The molecule has 0 aliphatic carbocycles. The van der Waals surface area contributed by atoms with Gasteiger partial charge in [-0.1, -0.05) is 0 Å². The van der Waals surface area contributed by atoms with Crippen LogP contribution >= 0.6 is 23.2 Å². The lowest BCUT2D eigenvalue weighted by atomic mass is 10.5. The highest BCUT2D eigenvalue weighted by atomic mass is 35.5. The van der Waals surface area contributed by atoms with Crippen LogP contribution in [0, 0.1) is 0 Å². The van der Waals surface area contributed by atoms with E-state index in [4.69, 9.17) is 23.2 Å². The lowest BCUT2D eigenvalue weighted by Crippen LogP contribution is -2.00. The third-order valence-electron chi connectivity index (χ3n) is 0.335. The highest BCUT2D eigenvalue weighted by Crippen LogP contribution is 1.97. The average Bonchev–Trinajstić information content (AvgIpc) is 1.65. The number of hydrogen-bond acceptors (Lipinski definition) is 0. The van der Waals surface area contributed by atoms with E-state index in [1.54, 1.807) is 0 Å². The monoisotopic (exact) mass is 130 g/mol. The highest BCUT2D eigenvalue weighted by molar-refractivity contribution is 6.28. The van der Waals surface area contributed by atoms with Crippen LogP contribution in [0.15, 0.2) is 0 Å². The van der Waals surface area contributed by atoms with Gasteiger partial charge in [-0.15, -0.1) is 23.2 Å². The quantitative estimate of drug-likeness (QED) is 0.501. The van der Waals surface area contributed by atoms with Gasteiger partial charge in [0.15, 0.2) is 0 Å². The fourth-order valence-electron chi connectivity index (χ4n) is 0.0412. The molecule has 0 bridgehead atoms. The van der Waals surface area contributed by atoms with Crippen LogP contribution in [-0.4, -0.2) is 17.9 Å². The summed E-state index contributed by atoms with van der Waals surface area (Å²) in [6.07, 6.45) is 0. The molecule has 0 saturated carbocycles. The maximum absolute atomic E-state index is 11.2. The van der Waals surface area contributed by atoms with Crippen LogP contribution in [-0.2, 0) is 0 Å². The van der Waals surface area contributed by atoms with Gasteiger partial charge in [0.1, 0.15) is 6.67 Å². The predicted octanol–water partition coefficient (Wildman–Crippen LogP) is 1.80. The zero-order valence-corrected chi connectivity index (χ0v) is 4.64. The van der Waals surface area contributed by atoms with E-state index in [-0.39, 0.29) is 5.88 Å². The summed E-state index contributed by atoms with van der Waals surface area (Å²) in [6.45, 7) is -0.537. The fraction of sp³-hybridized carbons (Fsp3) is 1.00. The van der Waals surface area contributed by atoms with E-state index in [0.29, 0.717) is 0 Å². The van der Waals surface area contributed by atoms with Gasteiger partial charge in [-0.3, -0.25) is 0 Å². The van der Waals surface area contributed by atoms with E-state index in [1.165, 1.54) is 0 Å². The minimum atomic E-state index is -0.537. The van der Waals surface area contributed by atoms with Gasteiger partial charge in [0, 0.05) is 5.88 Å². The van der Waals surface area contributed by atoms with Crippen molar-refractivity contribution in [1.29, 1.82) is 0 Å². The molecule has 0 N–H and O–H groups in total. The molecule has 6 heavy (non-hydrogen) atoms. The van der Waals surface area contributed by atoms with Crippen molar-refractivity contribution in [3.05, 3.63) is 0 Å². The topological polar surface area (TPSA) is 0 Å². The van der Waals surface area contributed by atoms with E-state index in [1.807, 2.05) is 0 Å². The summed E-state index contributed by atoms with van der Waals surface area (Å²) in [5.41, 5.74) is 0. The second-order valence-electron chi connectivity index (χ2n) is 0.906. The van der Waals surface area contributed by atoms with Gasteiger partial charge in [0.25, 0.3) is 0 Å². The molecule has 0 aromatic carbocycles. The molecule has 1 atom stereocenters. The summed E-state index contributed by atoms with van der Waals surface area (Å²) in [6, 6.07) is 0. The summed E-state index contributed by atoms with van der Waals surface area (Å²) in [5, 5.41) is -0.494. The van der Waals surface area contributed by atoms with Gasteiger partial charge < -0.3 is 0 Å². The summed E-state index contributed by atoms with van der Waals surface area (Å²) >= 11 is 10.2. The molecule has 0 radical (unpaired) electrons. The van der Waals surface area contributed by atoms with Gasteiger partial charge in [-0.05, 0) is 0 Å². The van der Waals surface area contributed by atoms with Crippen molar-refractivity contribution >= 4 is 23.2 Å². The van der Waals surface area contributed by atoms with Gasteiger partial charge in [0.2, 0.25) is 0 Å². The van der Waals surface area contributed by atoms with Crippen LogP contribution in [0.4, 0.5) is 4.39 Å². The molecule has 1 unspecified atom stereocenters. The van der Waals surface area contributed by atoms with Crippen molar-refractivity contribution in [2.75, 3.05) is 12.6 Å². The van der Waals surface area contributed by atoms with Crippen molar-refractivity contribution in [2.45, 2.75) is 5.38 Å². The molecule has 0 aliphatic heterocycles. The molecule has 0 rings (SSSR count). The Morgan fingerprint density at radius 3 is 2.17 bits per heavy atom. The Hall–Kier alpha value is 0.510. The van der Waals surface area contributed by atoms with E-state index in [2.05, 4.69) is 0 Å². The molecule has 0 aliphatic rings. The molecule has 0 heterocycles. The first-order chi connectivity index (χ1) is 2.81. The molecular formula is C3H5Cl2F. The molecule has 38 valence electrons. The lowest BCUT2D eigenvalue weighted by molar-refractivity contribution is 0.493. The number of alkyl halides is 3. The molecule has 0 aromatic heterocycles. The second kappa shape index (κ2) is 3.69. The minimum Gasteiger partial charge on any atom is -0.249 e. The van der Waals surface area contributed by atoms with Gasteiger partial charge in [-0.2, -0.15) is 0 Å². The van der Waals surface area contributed by atoms with Crippen LogP contribution in [0.5, 0.6) is 0 Å². The van der Waals surface area contributed by atoms with Crippen LogP contribution in [0.25, 0.3) is 0 Å². The van der Waals surface area contributed by atoms with Gasteiger partial charge >= 0.3 is 0 Å². The minimum absolute atomic E-state index is 0.193. The Bertz CT molecular complexity index is 28.0. The lowest BCUT2D eigenvalue weighted by Gasteiger charge is -1.91. The number of rotatable bonds is 2. The molecule has 0 fully saturated rings. The first kappa shape index (κ1) is 6.51. The molecule has 0 amide bonds. The smallest absolute Gasteiger partial charge is 0.107 e. The van der Waals surface area contributed by atoms with Crippen molar-refractivity contribution in [1.82, 2.24) is 0 Å². The second-order valence-corrected chi connectivity index (χ2v) is 1.83. The average molecular weight is 131 g/mol. The SMILES string of the molecule is FCC(Cl)CCl. The standard InChI is InChI=1S/C3H5Cl2F/c4-1-3(5)2-6/h3H,1-2H2. The van der Waals surface area contributed by atoms with E-state index < -0.39 is 12.1 Å². The largest absolute Gasteiger partial charge is 0.249 e. The highest BCUT2D eigenvalue weighted by Gasteiger charge is 1.96. The molecule has 3 heteroatoms. The Kier molecular flexibility index (Phi) is 4.01. The number of halogens is 3. The summed E-state index contributed by atoms with van der Waals surface area (Å²) in [4.78, 5) is 0. The zero-order valence-electron chi connectivity index (χ0n) is 3.13. The maximum atomic E-state index is 11.2. The van der Waals surface area contributed by atoms with Gasteiger partial charge in [-0.25, -0.2) is 4.39 Å². The normalized spacial score (nSPS) is 14.5. The zero-order chi connectivity index (χ0) is 4.99. The first-order valence-corrected chi connectivity index (χ1v) is 2.54. The van der Waals surface area contributed by atoms with Gasteiger partial charge in [0.05, 0.1) is 5.38 Å². The van der Waals surface area contributed by atoms with Crippen LogP contribution in [0.1, 0.15) is 0 Å². The summed E-state index contributed by atoms with van der Waals surface area (Å²) in [5.74, 6) is 0.193. The Morgan fingerprint density at radius 1 is 1.67 bits per heavy atom. The van der Waals surface area contributed by atoms with Crippen molar-refractivity contribution in [3.8, 4) is 0 Å². The van der Waals surface area contributed by atoms with E-state index in [9.17, 15) is 4.39 Å². The molecular weight excluding hydrogens is 126 g/mol. The molecule has 0 saturated heterocycles. The van der Waals surface area contributed by atoms with E-state index >= 15 is 0 Å². The van der Waals surface area contributed by atoms with Crippen molar-refractivity contribution < 1.29 is 4.39 Å². The van der Waals surface area contributed by atoms with Crippen LogP contribution in [0.3, 0.4) is 0 Å². The number of hydrogen-bond donors (Lipinski definition) is 0. The first-order valence-electron chi connectivity index (χ1n) is 1.57. The molecule has 0 nitrogen and oxygen atoms in total.